The first kappa shape index (κ1) is 18.5. The first-order valence-corrected chi connectivity index (χ1v) is 8.62. The largest absolute Gasteiger partial charge is 0.493 e. The van der Waals surface area contributed by atoms with Crippen LogP contribution in [0.15, 0.2) is 24.3 Å². The van der Waals surface area contributed by atoms with Crippen LogP contribution in [0.5, 0.6) is 11.5 Å². The number of rotatable bonds is 9. The van der Waals surface area contributed by atoms with E-state index in [9.17, 15) is 4.79 Å². The fourth-order valence-electron chi connectivity index (χ4n) is 2.64. The number of amides is 1. The molecule has 0 radical (unpaired) electrons. The van der Waals surface area contributed by atoms with Crippen LogP contribution in [0.2, 0.25) is 0 Å². The average Bonchev–Trinajstić information content (AvgIpc) is 2.64. The van der Waals surface area contributed by atoms with Crippen LogP contribution in [0.3, 0.4) is 0 Å². The molecule has 1 unspecified atom stereocenters. The fourth-order valence-corrected chi connectivity index (χ4v) is 2.64. The van der Waals surface area contributed by atoms with Crippen LogP contribution >= 0.6 is 0 Å². The zero-order valence-electron chi connectivity index (χ0n) is 14.6. The Balaban J connectivity index is 1.74. The number of nitrogens with zero attached hydrogens (tertiary/aromatic N) is 1. The van der Waals surface area contributed by atoms with Crippen molar-refractivity contribution in [2.45, 2.75) is 25.9 Å². The average molecular weight is 336 g/mol. The molecule has 1 heterocycles. The molecule has 134 valence electrons. The number of nitrogens with one attached hydrogen (secondary N) is 1. The maximum absolute atomic E-state index is 12.3. The molecule has 1 amide bonds. The van der Waals surface area contributed by atoms with Gasteiger partial charge in [0.15, 0.2) is 17.6 Å². The highest BCUT2D eigenvalue weighted by atomic mass is 16.5. The van der Waals surface area contributed by atoms with Crippen molar-refractivity contribution < 1.29 is 19.0 Å². The Bertz CT molecular complexity index is 504. The minimum Gasteiger partial charge on any atom is -0.493 e. The molecule has 1 saturated heterocycles. The number of para-hydroxylation sites is 2. The van der Waals surface area contributed by atoms with E-state index >= 15 is 0 Å². The molecule has 24 heavy (non-hydrogen) atoms. The Morgan fingerprint density at radius 3 is 2.67 bits per heavy atom. The van der Waals surface area contributed by atoms with Crippen molar-refractivity contribution in [3.63, 3.8) is 0 Å². The molecular formula is C18H28N2O4. The van der Waals surface area contributed by atoms with Crippen LogP contribution in [0.1, 0.15) is 19.8 Å². The van der Waals surface area contributed by atoms with Gasteiger partial charge in [0.1, 0.15) is 0 Å². The van der Waals surface area contributed by atoms with Gasteiger partial charge in [0.05, 0.1) is 20.3 Å². The van der Waals surface area contributed by atoms with Crippen molar-refractivity contribution in [2.75, 3.05) is 46.5 Å². The molecule has 1 N–H and O–H groups in total. The molecule has 0 aliphatic carbocycles. The number of carbonyl (C=O) groups excluding carboxylic acids is 1. The van der Waals surface area contributed by atoms with Gasteiger partial charge in [-0.25, -0.2) is 0 Å². The minimum atomic E-state index is -0.510. The lowest BCUT2D eigenvalue weighted by Gasteiger charge is -2.26. The molecule has 6 heteroatoms. The van der Waals surface area contributed by atoms with Crippen molar-refractivity contribution in [1.29, 1.82) is 0 Å². The molecule has 1 fully saturated rings. The van der Waals surface area contributed by atoms with Gasteiger partial charge in [-0.05, 0) is 31.5 Å². The third-order valence-electron chi connectivity index (χ3n) is 4.06. The maximum atomic E-state index is 12.3. The van der Waals surface area contributed by atoms with E-state index in [0.29, 0.717) is 24.5 Å². The Morgan fingerprint density at radius 1 is 1.29 bits per heavy atom. The maximum Gasteiger partial charge on any atom is 0.261 e. The highest BCUT2D eigenvalue weighted by Crippen LogP contribution is 2.27. The quantitative estimate of drug-likeness (QED) is 0.696. The van der Waals surface area contributed by atoms with Crippen LogP contribution in [0.25, 0.3) is 0 Å². The van der Waals surface area contributed by atoms with Crippen LogP contribution in [0, 0.1) is 0 Å². The summed E-state index contributed by atoms with van der Waals surface area (Å²) in [4.78, 5) is 14.7. The third kappa shape index (κ3) is 5.69. The lowest BCUT2D eigenvalue weighted by molar-refractivity contribution is -0.128. The molecule has 1 aliphatic rings. The van der Waals surface area contributed by atoms with E-state index in [2.05, 4.69) is 10.2 Å². The Kier molecular flexibility index (Phi) is 7.85. The summed E-state index contributed by atoms with van der Waals surface area (Å²) in [7, 11) is 1.59. The summed E-state index contributed by atoms with van der Waals surface area (Å²) < 4.78 is 16.4. The van der Waals surface area contributed by atoms with Crippen molar-refractivity contribution in [3.05, 3.63) is 24.3 Å². The lowest BCUT2D eigenvalue weighted by atomic mass is 10.2. The smallest absolute Gasteiger partial charge is 0.261 e. The first-order valence-electron chi connectivity index (χ1n) is 8.62. The van der Waals surface area contributed by atoms with Crippen LogP contribution in [-0.2, 0) is 9.53 Å². The molecule has 1 aromatic carbocycles. The summed E-state index contributed by atoms with van der Waals surface area (Å²) in [6, 6.07) is 7.37. The number of benzene rings is 1. The second kappa shape index (κ2) is 10.2. The van der Waals surface area contributed by atoms with E-state index in [1.807, 2.05) is 31.2 Å². The van der Waals surface area contributed by atoms with Crippen molar-refractivity contribution in [3.8, 4) is 11.5 Å². The number of hydrogen-bond acceptors (Lipinski definition) is 5. The number of hydrogen-bond donors (Lipinski definition) is 1. The standard InChI is InChI=1S/C18H28N2O4/c1-3-15(24-17-8-5-4-7-16(17)22-2)18(21)19-9-6-10-20-11-13-23-14-12-20/h4-5,7-8,15H,3,6,9-14H2,1-2H3,(H,19,21). The van der Waals surface area contributed by atoms with Crippen molar-refractivity contribution >= 4 is 5.91 Å². The topological polar surface area (TPSA) is 60.0 Å². The molecule has 2 rings (SSSR count). The number of methoxy groups -OCH3 is 1. The predicted molar refractivity (Wildman–Crippen MR) is 92.6 cm³/mol. The molecule has 6 nitrogen and oxygen atoms in total. The second-order valence-corrected chi connectivity index (χ2v) is 5.76. The molecule has 0 spiro atoms. The van der Waals surface area contributed by atoms with Crippen LogP contribution in [0.4, 0.5) is 0 Å². The Labute approximate surface area is 144 Å². The summed E-state index contributed by atoms with van der Waals surface area (Å²) in [6.07, 6.45) is 1.02. The van der Waals surface area contributed by atoms with Gasteiger partial charge in [-0.2, -0.15) is 0 Å². The van der Waals surface area contributed by atoms with Gasteiger partial charge in [-0.3, -0.25) is 9.69 Å². The van der Waals surface area contributed by atoms with E-state index in [1.54, 1.807) is 7.11 Å². The Hall–Kier alpha value is -1.79. The summed E-state index contributed by atoms with van der Waals surface area (Å²) >= 11 is 0. The normalized spacial score (nSPS) is 16.4. The van der Waals surface area contributed by atoms with Crippen molar-refractivity contribution in [1.82, 2.24) is 10.2 Å². The zero-order valence-corrected chi connectivity index (χ0v) is 14.6. The molecule has 0 saturated carbocycles. The predicted octanol–water partition coefficient (Wildman–Crippen LogP) is 1.69. The molecular weight excluding hydrogens is 308 g/mol. The van der Waals surface area contributed by atoms with Gasteiger partial charge in [0.25, 0.3) is 5.91 Å². The van der Waals surface area contributed by atoms with E-state index in [0.717, 1.165) is 39.3 Å². The highest BCUT2D eigenvalue weighted by Gasteiger charge is 2.19. The zero-order chi connectivity index (χ0) is 17.2. The summed E-state index contributed by atoms with van der Waals surface area (Å²) in [5, 5.41) is 2.97. The molecule has 0 aromatic heterocycles. The number of carbonyl (C=O) groups is 1. The third-order valence-corrected chi connectivity index (χ3v) is 4.06. The van der Waals surface area contributed by atoms with Gasteiger partial charge < -0.3 is 19.5 Å². The second-order valence-electron chi connectivity index (χ2n) is 5.76. The van der Waals surface area contributed by atoms with E-state index in [4.69, 9.17) is 14.2 Å². The minimum absolute atomic E-state index is 0.0783. The monoisotopic (exact) mass is 336 g/mol. The summed E-state index contributed by atoms with van der Waals surface area (Å²) in [5.74, 6) is 1.15. The highest BCUT2D eigenvalue weighted by molar-refractivity contribution is 5.81. The van der Waals surface area contributed by atoms with Crippen molar-refractivity contribution in [2.24, 2.45) is 0 Å². The molecule has 1 aliphatic heterocycles. The number of ether oxygens (including phenoxy) is 3. The summed E-state index contributed by atoms with van der Waals surface area (Å²) in [5.41, 5.74) is 0. The Morgan fingerprint density at radius 2 is 2.00 bits per heavy atom. The van der Waals surface area contributed by atoms with Gasteiger partial charge in [-0.15, -0.1) is 0 Å². The molecule has 0 bridgehead atoms. The van der Waals surface area contributed by atoms with E-state index < -0.39 is 6.10 Å². The van der Waals surface area contributed by atoms with Gasteiger partial charge in [0.2, 0.25) is 0 Å². The lowest BCUT2D eigenvalue weighted by Crippen LogP contribution is -2.41. The molecule has 1 atom stereocenters. The SMILES string of the molecule is CCC(Oc1ccccc1OC)C(=O)NCCCN1CCOCC1. The van der Waals surface area contributed by atoms with Crippen LogP contribution < -0.4 is 14.8 Å². The van der Waals surface area contributed by atoms with Gasteiger partial charge >= 0.3 is 0 Å². The van der Waals surface area contributed by atoms with E-state index in [1.165, 1.54) is 0 Å². The van der Waals surface area contributed by atoms with Gasteiger partial charge in [-0.1, -0.05) is 19.1 Å². The van der Waals surface area contributed by atoms with E-state index in [-0.39, 0.29) is 5.91 Å². The van der Waals surface area contributed by atoms with Crippen LogP contribution in [-0.4, -0.2) is 63.4 Å². The fraction of sp³-hybridized carbons (Fsp3) is 0.611. The number of morpholine rings is 1. The first-order chi connectivity index (χ1) is 11.7. The summed E-state index contributed by atoms with van der Waals surface area (Å²) in [6.45, 7) is 7.13. The molecule has 1 aromatic rings. The van der Waals surface area contributed by atoms with Gasteiger partial charge in [0, 0.05) is 19.6 Å².